The predicted octanol–water partition coefficient (Wildman–Crippen LogP) is 3.14. The maximum atomic E-state index is 5.63. The molecule has 0 spiro atoms. The Morgan fingerprint density at radius 3 is 2.60 bits per heavy atom. The van der Waals surface area contributed by atoms with Crippen LogP contribution in [0, 0.1) is 0 Å². The summed E-state index contributed by atoms with van der Waals surface area (Å²) in [5, 5.41) is 1.15. The predicted molar refractivity (Wildman–Crippen MR) is 85.4 cm³/mol. The molecule has 1 aromatic heterocycles. The molecule has 0 aliphatic rings. The third-order valence-electron chi connectivity index (χ3n) is 3.93. The SMILES string of the molecule is CCC(CC)N(C)Cc1cc2ccccc2nc1NN. The molecule has 0 atom stereocenters. The van der Waals surface area contributed by atoms with Crippen molar-refractivity contribution in [3.63, 3.8) is 0 Å². The zero-order chi connectivity index (χ0) is 14.5. The van der Waals surface area contributed by atoms with E-state index in [-0.39, 0.29) is 0 Å². The summed E-state index contributed by atoms with van der Waals surface area (Å²) in [4.78, 5) is 6.96. The fraction of sp³-hybridized carbons (Fsp3) is 0.438. The van der Waals surface area contributed by atoms with Gasteiger partial charge in [0.05, 0.1) is 5.52 Å². The van der Waals surface area contributed by atoms with Gasteiger partial charge in [0, 0.05) is 23.5 Å². The number of pyridine rings is 1. The number of aromatic nitrogens is 1. The molecule has 0 radical (unpaired) electrons. The molecular weight excluding hydrogens is 248 g/mol. The number of nitrogens with zero attached hydrogens (tertiary/aromatic N) is 2. The van der Waals surface area contributed by atoms with Gasteiger partial charge in [-0.05, 0) is 32.0 Å². The molecule has 4 heteroatoms. The van der Waals surface area contributed by atoms with E-state index in [1.807, 2.05) is 18.2 Å². The highest BCUT2D eigenvalue weighted by atomic mass is 15.3. The molecule has 2 rings (SSSR count). The molecule has 3 N–H and O–H groups in total. The Hall–Kier alpha value is -1.65. The van der Waals surface area contributed by atoms with Crippen LogP contribution in [0.15, 0.2) is 30.3 Å². The second-order valence-electron chi connectivity index (χ2n) is 5.22. The molecular formula is C16H24N4. The van der Waals surface area contributed by atoms with Gasteiger partial charge in [-0.2, -0.15) is 0 Å². The number of hydrogen-bond donors (Lipinski definition) is 2. The average molecular weight is 272 g/mol. The number of hydrazine groups is 1. The molecule has 1 heterocycles. The van der Waals surface area contributed by atoms with E-state index in [1.165, 1.54) is 0 Å². The Labute approximate surface area is 121 Å². The van der Waals surface area contributed by atoms with Crippen molar-refractivity contribution in [1.82, 2.24) is 9.88 Å². The molecule has 0 saturated heterocycles. The minimum absolute atomic E-state index is 0.590. The monoisotopic (exact) mass is 272 g/mol. The lowest BCUT2D eigenvalue weighted by Crippen LogP contribution is -2.30. The van der Waals surface area contributed by atoms with Crippen LogP contribution in [0.25, 0.3) is 10.9 Å². The highest BCUT2D eigenvalue weighted by molar-refractivity contribution is 5.81. The van der Waals surface area contributed by atoms with Crippen LogP contribution in [-0.4, -0.2) is 23.0 Å². The van der Waals surface area contributed by atoms with E-state index in [4.69, 9.17) is 5.84 Å². The Morgan fingerprint density at radius 1 is 1.25 bits per heavy atom. The van der Waals surface area contributed by atoms with Crippen molar-refractivity contribution < 1.29 is 0 Å². The molecule has 2 aromatic rings. The highest BCUT2D eigenvalue weighted by Gasteiger charge is 2.14. The van der Waals surface area contributed by atoms with Gasteiger partial charge in [-0.15, -0.1) is 0 Å². The largest absolute Gasteiger partial charge is 0.308 e. The van der Waals surface area contributed by atoms with Crippen LogP contribution in [0.5, 0.6) is 0 Å². The van der Waals surface area contributed by atoms with Crippen molar-refractivity contribution in [3.05, 3.63) is 35.9 Å². The molecule has 0 saturated carbocycles. The molecule has 0 amide bonds. The summed E-state index contributed by atoms with van der Waals surface area (Å²) in [7, 11) is 2.16. The van der Waals surface area contributed by atoms with E-state index < -0.39 is 0 Å². The first kappa shape index (κ1) is 14.8. The Bertz CT molecular complexity index is 563. The zero-order valence-corrected chi connectivity index (χ0v) is 12.6. The minimum atomic E-state index is 0.590. The molecule has 20 heavy (non-hydrogen) atoms. The highest BCUT2D eigenvalue weighted by Crippen LogP contribution is 2.22. The van der Waals surface area contributed by atoms with Crippen molar-refractivity contribution in [3.8, 4) is 0 Å². The lowest BCUT2D eigenvalue weighted by molar-refractivity contribution is 0.222. The van der Waals surface area contributed by atoms with Crippen LogP contribution in [0.4, 0.5) is 5.82 Å². The standard InChI is InChI=1S/C16H24N4/c1-4-14(5-2)20(3)11-13-10-12-8-6-7-9-15(12)18-16(13)19-17/h6-10,14H,4-5,11,17H2,1-3H3,(H,18,19). The fourth-order valence-corrected chi connectivity index (χ4v) is 2.72. The van der Waals surface area contributed by atoms with Crippen molar-refractivity contribution in [1.29, 1.82) is 0 Å². The second-order valence-corrected chi connectivity index (χ2v) is 5.22. The van der Waals surface area contributed by atoms with Crippen LogP contribution in [0.2, 0.25) is 0 Å². The lowest BCUT2D eigenvalue weighted by Gasteiger charge is -2.26. The van der Waals surface area contributed by atoms with Gasteiger partial charge in [0.1, 0.15) is 5.82 Å². The Balaban J connectivity index is 2.32. The first-order chi connectivity index (χ1) is 9.69. The number of nitrogen functional groups attached to an aromatic ring is 1. The van der Waals surface area contributed by atoms with Gasteiger partial charge in [0.2, 0.25) is 0 Å². The van der Waals surface area contributed by atoms with Gasteiger partial charge in [0.15, 0.2) is 0 Å². The van der Waals surface area contributed by atoms with E-state index >= 15 is 0 Å². The maximum Gasteiger partial charge on any atom is 0.145 e. The second kappa shape index (κ2) is 6.68. The molecule has 0 unspecified atom stereocenters. The molecule has 0 fully saturated rings. The molecule has 0 aliphatic carbocycles. The number of fused-ring (bicyclic) bond motifs is 1. The number of rotatable bonds is 6. The quantitative estimate of drug-likeness (QED) is 0.626. The van der Waals surface area contributed by atoms with Crippen molar-refractivity contribution in [2.24, 2.45) is 5.84 Å². The van der Waals surface area contributed by atoms with Gasteiger partial charge in [-0.25, -0.2) is 10.8 Å². The summed E-state index contributed by atoms with van der Waals surface area (Å²) in [6.45, 7) is 5.31. The van der Waals surface area contributed by atoms with E-state index in [1.54, 1.807) is 0 Å². The van der Waals surface area contributed by atoms with Crippen molar-refractivity contribution in [2.45, 2.75) is 39.3 Å². The van der Waals surface area contributed by atoms with Gasteiger partial charge in [0.25, 0.3) is 0 Å². The number of nitrogens with two attached hydrogens (primary N) is 1. The van der Waals surface area contributed by atoms with E-state index in [9.17, 15) is 0 Å². The zero-order valence-electron chi connectivity index (χ0n) is 12.6. The summed E-state index contributed by atoms with van der Waals surface area (Å²) < 4.78 is 0. The molecule has 0 aliphatic heterocycles. The van der Waals surface area contributed by atoms with Gasteiger partial charge in [-0.1, -0.05) is 32.0 Å². The van der Waals surface area contributed by atoms with Gasteiger partial charge in [-0.3, -0.25) is 4.90 Å². The topological polar surface area (TPSA) is 54.2 Å². The number of anilines is 1. The molecule has 1 aromatic carbocycles. The third kappa shape index (κ3) is 3.08. The minimum Gasteiger partial charge on any atom is -0.308 e. The summed E-state index contributed by atoms with van der Waals surface area (Å²) >= 11 is 0. The average Bonchev–Trinajstić information content (AvgIpc) is 2.47. The van der Waals surface area contributed by atoms with E-state index in [0.717, 1.165) is 41.7 Å². The molecule has 108 valence electrons. The van der Waals surface area contributed by atoms with E-state index in [2.05, 4.69) is 48.3 Å². The number of benzene rings is 1. The smallest absolute Gasteiger partial charge is 0.145 e. The Kier molecular flexibility index (Phi) is 4.93. The maximum absolute atomic E-state index is 5.63. The van der Waals surface area contributed by atoms with Crippen LogP contribution in [0.3, 0.4) is 0 Å². The summed E-state index contributed by atoms with van der Waals surface area (Å²) in [5.74, 6) is 6.39. The number of hydrogen-bond acceptors (Lipinski definition) is 4. The number of nitrogens with one attached hydrogen (secondary N) is 1. The Morgan fingerprint density at radius 2 is 1.95 bits per heavy atom. The third-order valence-corrected chi connectivity index (χ3v) is 3.93. The lowest BCUT2D eigenvalue weighted by atomic mass is 10.1. The fourth-order valence-electron chi connectivity index (χ4n) is 2.72. The van der Waals surface area contributed by atoms with Crippen LogP contribution >= 0.6 is 0 Å². The molecule has 4 nitrogen and oxygen atoms in total. The van der Waals surface area contributed by atoms with Crippen LogP contribution < -0.4 is 11.3 Å². The van der Waals surface area contributed by atoms with Gasteiger partial charge >= 0.3 is 0 Å². The van der Waals surface area contributed by atoms with E-state index in [0.29, 0.717) is 6.04 Å². The van der Waals surface area contributed by atoms with Gasteiger partial charge < -0.3 is 5.43 Å². The van der Waals surface area contributed by atoms with Crippen LogP contribution in [0.1, 0.15) is 32.3 Å². The van der Waals surface area contributed by atoms with Crippen molar-refractivity contribution in [2.75, 3.05) is 12.5 Å². The van der Waals surface area contributed by atoms with Crippen LogP contribution in [-0.2, 0) is 6.54 Å². The molecule has 0 bridgehead atoms. The number of para-hydroxylation sites is 1. The van der Waals surface area contributed by atoms with Crippen molar-refractivity contribution >= 4 is 16.7 Å². The first-order valence-electron chi connectivity index (χ1n) is 7.25. The normalized spacial score (nSPS) is 11.5. The summed E-state index contributed by atoms with van der Waals surface area (Å²) in [5.41, 5.74) is 4.84. The summed E-state index contributed by atoms with van der Waals surface area (Å²) in [6.07, 6.45) is 2.30. The first-order valence-corrected chi connectivity index (χ1v) is 7.25. The summed E-state index contributed by atoms with van der Waals surface area (Å²) in [6, 6.07) is 10.9.